The molecule has 3 aromatic rings. The van der Waals surface area contributed by atoms with Crippen molar-refractivity contribution < 1.29 is 33.4 Å². The molecule has 0 bridgehead atoms. The summed E-state index contributed by atoms with van der Waals surface area (Å²) >= 11 is 0. The molecule has 1 amide bonds. The summed E-state index contributed by atoms with van der Waals surface area (Å²) in [5.41, 5.74) is 0.743. The van der Waals surface area contributed by atoms with Gasteiger partial charge in [0.1, 0.15) is 17.3 Å². The van der Waals surface area contributed by atoms with Crippen molar-refractivity contribution in [3.63, 3.8) is 0 Å². The molecule has 9 nitrogen and oxygen atoms in total. The lowest BCUT2D eigenvalue weighted by Crippen LogP contribution is -2.29. The third-order valence-corrected chi connectivity index (χ3v) is 5.37. The summed E-state index contributed by atoms with van der Waals surface area (Å²) in [6.07, 6.45) is 0. The fourth-order valence-corrected chi connectivity index (χ4v) is 3.80. The Kier molecular flexibility index (Phi) is 5.78. The third kappa shape index (κ3) is 3.78. The maximum Gasteiger partial charge on any atom is 0.301 e. The van der Waals surface area contributed by atoms with E-state index < -0.39 is 17.7 Å². The predicted octanol–water partition coefficient (Wildman–Crippen LogP) is 3.64. The van der Waals surface area contributed by atoms with E-state index in [2.05, 4.69) is 5.16 Å². The molecule has 33 heavy (non-hydrogen) atoms. The molecule has 9 heteroatoms. The SMILES string of the molecule is COc1cccc([C@H]2/C(=C(\O)c3ccc(OC)c(OC)c3)C(=O)C(=O)N2c2cc(C)on2)c1. The maximum absolute atomic E-state index is 13.2. The Morgan fingerprint density at radius 2 is 1.76 bits per heavy atom. The van der Waals surface area contributed by atoms with Gasteiger partial charge in [-0.05, 0) is 42.8 Å². The van der Waals surface area contributed by atoms with E-state index in [1.807, 2.05) is 0 Å². The molecule has 1 aliphatic heterocycles. The van der Waals surface area contributed by atoms with Gasteiger partial charge < -0.3 is 23.8 Å². The highest BCUT2D eigenvalue weighted by Crippen LogP contribution is 2.43. The molecular formula is C24H22N2O7. The second-order valence-corrected chi connectivity index (χ2v) is 7.31. The van der Waals surface area contributed by atoms with Crippen molar-refractivity contribution >= 4 is 23.3 Å². The van der Waals surface area contributed by atoms with Crippen molar-refractivity contribution in [2.45, 2.75) is 13.0 Å². The van der Waals surface area contributed by atoms with E-state index in [9.17, 15) is 14.7 Å². The monoisotopic (exact) mass is 450 g/mol. The number of carbonyl (C=O) groups excluding carboxylic acids is 2. The Hall–Kier alpha value is -4.27. The van der Waals surface area contributed by atoms with Gasteiger partial charge in [-0.1, -0.05) is 17.3 Å². The van der Waals surface area contributed by atoms with Gasteiger partial charge in [-0.25, -0.2) is 0 Å². The van der Waals surface area contributed by atoms with E-state index in [1.54, 1.807) is 49.4 Å². The van der Waals surface area contributed by atoms with Gasteiger partial charge in [-0.15, -0.1) is 0 Å². The van der Waals surface area contributed by atoms with Crippen LogP contribution in [0, 0.1) is 6.92 Å². The molecule has 170 valence electrons. The zero-order chi connectivity index (χ0) is 23.7. The number of hydrogen-bond acceptors (Lipinski definition) is 8. The van der Waals surface area contributed by atoms with Crippen LogP contribution in [0.4, 0.5) is 5.82 Å². The topological polar surface area (TPSA) is 111 Å². The highest BCUT2D eigenvalue weighted by atomic mass is 16.5. The fourth-order valence-electron chi connectivity index (χ4n) is 3.80. The van der Waals surface area contributed by atoms with Crippen LogP contribution in [-0.2, 0) is 9.59 Å². The van der Waals surface area contributed by atoms with Crippen molar-refractivity contribution in [1.29, 1.82) is 0 Å². The van der Waals surface area contributed by atoms with Crippen LogP contribution in [0.1, 0.15) is 22.9 Å². The standard InChI is InChI=1S/C24H22N2O7/c1-13-10-19(25-33-13)26-21(14-6-5-7-16(11-14)30-2)20(23(28)24(26)29)22(27)15-8-9-17(31-3)18(12-15)32-4/h5-12,21,27H,1-4H3/b22-20+/t21-/m0/s1. The van der Waals surface area contributed by atoms with Gasteiger partial charge in [0, 0.05) is 11.6 Å². The lowest BCUT2D eigenvalue weighted by Gasteiger charge is -2.23. The van der Waals surface area contributed by atoms with Gasteiger partial charge in [0.2, 0.25) is 0 Å². The first-order valence-electron chi connectivity index (χ1n) is 10.00. The molecule has 0 radical (unpaired) electrons. The number of aromatic nitrogens is 1. The first-order chi connectivity index (χ1) is 15.9. The zero-order valence-corrected chi connectivity index (χ0v) is 18.5. The summed E-state index contributed by atoms with van der Waals surface area (Å²) in [7, 11) is 4.47. The molecule has 0 spiro atoms. The second kappa shape index (κ2) is 8.70. The third-order valence-electron chi connectivity index (χ3n) is 5.37. The molecule has 2 heterocycles. The molecule has 1 fully saturated rings. The van der Waals surface area contributed by atoms with E-state index in [1.165, 1.54) is 32.3 Å². The number of aryl methyl sites for hydroxylation is 1. The van der Waals surface area contributed by atoms with Crippen LogP contribution in [0.3, 0.4) is 0 Å². The molecule has 4 rings (SSSR count). The molecule has 1 aromatic heterocycles. The Morgan fingerprint density at radius 3 is 2.39 bits per heavy atom. The number of benzene rings is 2. The van der Waals surface area contributed by atoms with Crippen LogP contribution in [0.25, 0.3) is 5.76 Å². The Bertz CT molecular complexity index is 1260. The van der Waals surface area contributed by atoms with Crippen LogP contribution >= 0.6 is 0 Å². The first kappa shape index (κ1) is 21.9. The smallest absolute Gasteiger partial charge is 0.301 e. The van der Waals surface area contributed by atoms with Crippen molar-refractivity contribution in [3.05, 3.63) is 71.0 Å². The molecule has 1 saturated heterocycles. The number of Topliss-reactive ketones (excluding diaryl/α,β-unsaturated/α-hetero) is 1. The normalized spacial score (nSPS) is 17.3. The van der Waals surface area contributed by atoms with Crippen LogP contribution in [-0.4, -0.2) is 43.3 Å². The van der Waals surface area contributed by atoms with Gasteiger partial charge in [-0.3, -0.25) is 14.5 Å². The number of aliphatic hydroxyl groups excluding tert-OH is 1. The number of ketones is 1. The molecule has 0 aliphatic carbocycles. The Morgan fingerprint density at radius 1 is 1.00 bits per heavy atom. The van der Waals surface area contributed by atoms with E-state index in [-0.39, 0.29) is 22.7 Å². The van der Waals surface area contributed by atoms with Crippen molar-refractivity contribution in [2.24, 2.45) is 0 Å². The van der Waals surface area contributed by atoms with Crippen molar-refractivity contribution in [1.82, 2.24) is 5.16 Å². The number of anilines is 1. The van der Waals surface area contributed by atoms with E-state index in [4.69, 9.17) is 18.7 Å². The summed E-state index contributed by atoms with van der Waals surface area (Å²) < 4.78 is 21.0. The lowest BCUT2D eigenvalue weighted by molar-refractivity contribution is -0.132. The van der Waals surface area contributed by atoms with Crippen molar-refractivity contribution in [2.75, 3.05) is 26.2 Å². The van der Waals surface area contributed by atoms with Crippen LogP contribution < -0.4 is 19.1 Å². The highest BCUT2D eigenvalue weighted by Gasteiger charge is 2.48. The molecule has 2 aromatic carbocycles. The molecule has 1 atom stereocenters. The number of aliphatic hydroxyl groups is 1. The average molecular weight is 450 g/mol. The minimum absolute atomic E-state index is 0.0962. The van der Waals surface area contributed by atoms with Gasteiger partial charge in [0.25, 0.3) is 5.78 Å². The fraction of sp³-hybridized carbons (Fsp3) is 0.208. The number of carbonyl (C=O) groups is 2. The van der Waals surface area contributed by atoms with E-state index in [0.717, 1.165) is 0 Å². The van der Waals surface area contributed by atoms with Gasteiger partial charge in [0.15, 0.2) is 17.3 Å². The minimum Gasteiger partial charge on any atom is -0.507 e. The number of amides is 1. The quantitative estimate of drug-likeness (QED) is 0.344. The van der Waals surface area contributed by atoms with Gasteiger partial charge >= 0.3 is 5.91 Å². The maximum atomic E-state index is 13.2. The zero-order valence-electron chi connectivity index (χ0n) is 18.5. The van der Waals surface area contributed by atoms with Crippen LogP contribution in [0.5, 0.6) is 17.2 Å². The Balaban J connectivity index is 1.94. The second-order valence-electron chi connectivity index (χ2n) is 7.31. The first-order valence-corrected chi connectivity index (χ1v) is 10.00. The summed E-state index contributed by atoms with van der Waals surface area (Å²) in [6, 6.07) is 12.2. The summed E-state index contributed by atoms with van der Waals surface area (Å²) in [5, 5.41) is 15.2. The summed E-state index contributed by atoms with van der Waals surface area (Å²) in [4.78, 5) is 27.5. The number of nitrogens with zero attached hydrogens (tertiary/aromatic N) is 2. The van der Waals surface area contributed by atoms with Crippen molar-refractivity contribution in [3.8, 4) is 17.2 Å². The predicted molar refractivity (Wildman–Crippen MR) is 119 cm³/mol. The molecule has 0 saturated carbocycles. The largest absolute Gasteiger partial charge is 0.507 e. The molecule has 1 aliphatic rings. The number of ether oxygens (including phenoxy) is 3. The highest BCUT2D eigenvalue weighted by molar-refractivity contribution is 6.51. The van der Waals surface area contributed by atoms with Crippen LogP contribution in [0.2, 0.25) is 0 Å². The number of rotatable bonds is 6. The molecular weight excluding hydrogens is 428 g/mol. The summed E-state index contributed by atoms with van der Waals surface area (Å²) in [5.74, 6) is -0.0676. The minimum atomic E-state index is -0.960. The Labute approximate surface area is 189 Å². The lowest BCUT2D eigenvalue weighted by atomic mass is 9.95. The van der Waals surface area contributed by atoms with Gasteiger partial charge in [-0.2, -0.15) is 0 Å². The summed E-state index contributed by atoms with van der Waals surface area (Å²) in [6.45, 7) is 1.68. The molecule has 0 unspecified atom stereocenters. The average Bonchev–Trinajstić information content (AvgIpc) is 3.38. The molecule has 1 N–H and O–H groups in total. The number of methoxy groups -OCH3 is 3. The van der Waals surface area contributed by atoms with Crippen LogP contribution in [0.15, 0.2) is 58.6 Å². The van der Waals surface area contributed by atoms with Gasteiger partial charge in [0.05, 0.1) is 32.9 Å². The number of hydrogen-bond donors (Lipinski definition) is 1. The van der Waals surface area contributed by atoms with E-state index in [0.29, 0.717) is 28.6 Å². The van der Waals surface area contributed by atoms with E-state index >= 15 is 0 Å².